The summed E-state index contributed by atoms with van der Waals surface area (Å²) in [6.07, 6.45) is 1.09. The number of amides is 1. The van der Waals surface area contributed by atoms with Gasteiger partial charge in [-0.3, -0.25) is 4.79 Å². The Hall–Kier alpha value is -2.42. The molecule has 1 N–H and O–H groups in total. The zero-order valence-electron chi connectivity index (χ0n) is 16.0. The number of carbonyl (C=O) groups is 1. The standard InChI is InChI=1S/C20H25N3O4S/c1-22(28(2,25)26)19(16-6-4-3-5-7-16)20(24)21-17-8-10-18(11-9-17)23-12-14-27-15-13-23/h3-11,19H,12-15H2,1-2H3,(H,21,24). The lowest BCUT2D eigenvalue weighted by Gasteiger charge is -2.29. The maximum Gasteiger partial charge on any atom is 0.247 e. The number of anilines is 2. The molecule has 1 amide bonds. The van der Waals surface area contributed by atoms with Crippen molar-refractivity contribution in [1.82, 2.24) is 4.31 Å². The summed E-state index contributed by atoms with van der Waals surface area (Å²) in [6.45, 7) is 3.08. The van der Waals surface area contributed by atoms with E-state index in [1.165, 1.54) is 7.05 Å². The number of carbonyl (C=O) groups excluding carboxylic acids is 1. The van der Waals surface area contributed by atoms with Crippen LogP contribution in [-0.2, 0) is 19.6 Å². The van der Waals surface area contributed by atoms with Gasteiger partial charge in [0.25, 0.3) is 0 Å². The molecule has 0 bridgehead atoms. The summed E-state index contributed by atoms with van der Waals surface area (Å²) in [5.41, 5.74) is 2.29. The van der Waals surface area contributed by atoms with E-state index >= 15 is 0 Å². The quantitative estimate of drug-likeness (QED) is 0.799. The van der Waals surface area contributed by atoms with Crippen LogP contribution in [0, 0.1) is 0 Å². The molecule has 0 saturated carbocycles. The van der Waals surface area contributed by atoms with Crippen molar-refractivity contribution in [2.45, 2.75) is 6.04 Å². The van der Waals surface area contributed by atoms with E-state index in [4.69, 9.17) is 4.74 Å². The van der Waals surface area contributed by atoms with E-state index in [1.807, 2.05) is 30.3 Å². The van der Waals surface area contributed by atoms with Gasteiger partial charge in [0.1, 0.15) is 6.04 Å². The van der Waals surface area contributed by atoms with Crippen LogP contribution in [0.4, 0.5) is 11.4 Å². The molecule has 28 heavy (non-hydrogen) atoms. The summed E-state index contributed by atoms with van der Waals surface area (Å²) in [7, 11) is -2.14. The lowest BCUT2D eigenvalue weighted by Crippen LogP contribution is -2.38. The minimum atomic E-state index is -3.55. The van der Waals surface area contributed by atoms with Gasteiger partial charge in [-0.2, -0.15) is 4.31 Å². The fourth-order valence-corrected chi connectivity index (χ4v) is 3.74. The van der Waals surface area contributed by atoms with E-state index < -0.39 is 22.0 Å². The number of nitrogens with zero attached hydrogens (tertiary/aromatic N) is 2. The molecule has 1 saturated heterocycles. The van der Waals surface area contributed by atoms with Gasteiger partial charge in [-0.15, -0.1) is 0 Å². The maximum atomic E-state index is 12.9. The molecule has 8 heteroatoms. The number of morpholine rings is 1. The van der Waals surface area contributed by atoms with Crippen molar-refractivity contribution >= 4 is 27.3 Å². The van der Waals surface area contributed by atoms with Crippen LogP contribution in [0.3, 0.4) is 0 Å². The Morgan fingerprint density at radius 2 is 1.68 bits per heavy atom. The van der Waals surface area contributed by atoms with Gasteiger partial charge in [0, 0.05) is 31.5 Å². The molecule has 7 nitrogen and oxygen atoms in total. The van der Waals surface area contributed by atoms with Crippen LogP contribution in [0.2, 0.25) is 0 Å². The molecule has 1 aliphatic rings. The molecule has 0 aromatic heterocycles. The molecule has 0 aliphatic carbocycles. The monoisotopic (exact) mass is 403 g/mol. The Balaban J connectivity index is 1.78. The minimum Gasteiger partial charge on any atom is -0.378 e. The second-order valence-electron chi connectivity index (χ2n) is 6.73. The second-order valence-corrected chi connectivity index (χ2v) is 8.77. The molecule has 3 rings (SSSR count). The number of sulfonamides is 1. The first-order chi connectivity index (χ1) is 13.4. The second kappa shape index (κ2) is 8.72. The summed E-state index contributed by atoms with van der Waals surface area (Å²) < 4.78 is 30.6. The topological polar surface area (TPSA) is 79.0 Å². The number of hydrogen-bond acceptors (Lipinski definition) is 5. The zero-order valence-corrected chi connectivity index (χ0v) is 16.9. The average Bonchev–Trinajstić information content (AvgIpc) is 2.69. The maximum absolute atomic E-state index is 12.9. The van der Waals surface area contributed by atoms with Crippen molar-refractivity contribution in [2.75, 3.05) is 49.8 Å². The molecule has 1 unspecified atom stereocenters. The van der Waals surface area contributed by atoms with E-state index in [0.717, 1.165) is 29.3 Å². The van der Waals surface area contributed by atoms with Crippen LogP contribution in [0.5, 0.6) is 0 Å². The Kier molecular flexibility index (Phi) is 6.33. The number of likely N-dealkylation sites (N-methyl/N-ethyl adjacent to an activating group) is 1. The third-order valence-corrected chi connectivity index (χ3v) is 6.02. The van der Waals surface area contributed by atoms with Crippen LogP contribution in [0.15, 0.2) is 54.6 Å². The minimum absolute atomic E-state index is 0.404. The molecule has 1 fully saturated rings. The Morgan fingerprint density at radius 3 is 2.25 bits per heavy atom. The highest BCUT2D eigenvalue weighted by atomic mass is 32.2. The number of rotatable bonds is 6. The van der Waals surface area contributed by atoms with Crippen LogP contribution in [0.25, 0.3) is 0 Å². The van der Waals surface area contributed by atoms with Crippen LogP contribution in [0.1, 0.15) is 11.6 Å². The van der Waals surface area contributed by atoms with Crippen molar-refractivity contribution in [3.8, 4) is 0 Å². The van der Waals surface area contributed by atoms with Gasteiger partial charge < -0.3 is 15.0 Å². The third-order valence-electron chi connectivity index (χ3n) is 4.76. The van der Waals surface area contributed by atoms with Gasteiger partial charge in [-0.25, -0.2) is 8.42 Å². The van der Waals surface area contributed by atoms with Crippen molar-refractivity contribution < 1.29 is 17.9 Å². The van der Waals surface area contributed by atoms with Gasteiger partial charge >= 0.3 is 0 Å². The summed E-state index contributed by atoms with van der Waals surface area (Å²) >= 11 is 0. The predicted molar refractivity (Wildman–Crippen MR) is 110 cm³/mol. The SMILES string of the molecule is CN(C(C(=O)Nc1ccc(N2CCOCC2)cc1)c1ccccc1)S(C)(=O)=O. The first kappa shape index (κ1) is 20.3. The van der Waals surface area contributed by atoms with E-state index in [-0.39, 0.29) is 0 Å². The largest absolute Gasteiger partial charge is 0.378 e. The van der Waals surface area contributed by atoms with Gasteiger partial charge in [-0.05, 0) is 29.8 Å². The van der Waals surface area contributed by atoms with Crippen molar-refractivity contribution in [3.63, 3.8) is 0 Å². The van der Waals surface area contributed by atoms with E-state index in [1.54, 1.807) is 24.3 Å². The molecule has 0 radical (unpaired) electrons. The van der Waals surface area contributed by atoms with Gasteiger partial charge in [0.2, 0.25) is 15.9 Å². The zero-order chi connectivity index (χ0) is 20.1. The summed E-state index contributed by atoms with van der Waals surface area (Å²) in [6, 6.07) is 15.5. The number of hydrogen-bond donors (Lipinski definition) is 1. The molecule has 1 atom stereocenters. The fourth-order valence-electron chi connectivity index (χ4n) is 3.14. The van der Waals surface area contributed by atoms with Crippen LogP contribution < -0.4 is 10.2 Å². The Morgan fingerprint density at radius 1 is 1.07 bits per heavy atom. The average molecular weight is 404 g/mol. The Labute approximate surface area is 166 Å². The first-order valence-electron chi connectivity index (χ1n) is 9.08. The number of nitrogens with one attached hydrogen (secondary N) is 1. The first-order valence-corrected chi connectivity index (χ1v) is 10.9. The highest BCUT2D eigenvalue weighted by molar-refractivity contribution is 7.88. The lowest BCUT2D eigenvalue weighted by molar-refractivity contribution is -0.119. The molecule has 2 aromatic carbocycles. The molecule has 1 aliphatic heterocycles. The normalized spacial score (nSPS) is 16.0. The predicted octanol–water partition coefficient (Wildman–Crippen LogP) is 2.09. The number of ether oxygens (including phenoxy) is 1. The van der Waals surface area contributed by atoms with Crippen molar-refractivity contribution in [3.05, 3.63) is 60.2 Å². The fraction of sp³-hybridized carbons (Fsp3) is 0.350. The van der Waals surface area contributed by atoms with E-state index in [2.05, 4.69) is 10.2 Å². The Bertz CT molecular complexity index is 895. The molecular formula is C20H25N3O4S. The van der Waals surface area contributed by atoms with Gasteiger partial charge in [0.05, 0.1) is 19.5 Å². The van der Waals surface area contributed by atoms with E-state index in [0.29, 0.717) is 24.5 Å². The van der Waals surface area contributed by atoms with Gasteiger partial charge in [0.15, 0.2) is 0 Å². The lowest BCUT2D eigenvalue weighted by atomic mass is 10.1. The van der Waals surface area contributed by atoms with Crippen LogP contribution in [-0.4, -0.2) is 58.2 Å². The molecule has 0 spiro atoms. The molecule has 150 valence electrons. The summed E-state index contributed by atoms with van der Waals surface area (Å²) in [5.74, 6) is -0.404. The van der Waals surface area contributed by atoms with Gasteiger partial charge in [-0.1, -0.05) is 30.3 Å². The molecular weight excluding hydrogens is 378 g/mol. The highest BCUT2D eigenvalue weighted by Gasteiger charge is 2.30. The van der Waals surface area contributed by atoms with E-state index in [9.17, 15) is 13.2 Å². The van der Waals surface area contributed by atoms with Crippen molar-refractivity contribution in [1.29, 1.82) is 0 Å². The summed E-state index contributed by atoms with van der Waals surface area (Å²) in [4.78, 5) is 15.2. The van der Waals surface area contributed by atoms with Crippen molar-refractivity contribution in [2.24, 2.45) is 0 Å². The molecule has 1 heterocycles. The summed E-state index contributed by atoms with van der Waals surface area (Å²) in [5, 5.41) is 2.84. The highest BCUT2D eigenvalue weighted by Crippen LogP contribution is 2.25. The smallest absolute Gasteiger partial charge is 0.247 e. The molecule has 2 aromatic rings. The van der Waals surface area contributed by atoms with Crippen LogP contribution >= 0.6 is 0 Å². The number of benzene rings is 2. The third kappa shape index (κ3) is 4.89.